The molecule has 2 aliphatic rings. The average molecular weight is 922 g/mol. The van der Waals surface area contributed by atoms with Gasteiger partial charge in [-0.3, -0.25) is 0 Å². The van der Waals surface area contributed by atoms with Crippen molar-refractivity contribution in [2.24, 2.45) is 0 Å². The Balaban J connectivity index is 1.09. The minimum absolute atomic E-state index is 0.173. The first kappa shape index (κ1) is 41.1. The summed E-state index contributed by atoms with van der Waals surface area (Å²) in [5.74, 6) is 0. The molecule has 0 spiro atoms. The van der Waals surface area contributed by atoms with Crippen LogP contribution in [0.3, 0.4) is 0 Å². The molecule has 0 radical (unpaired) electrons. The summed E-state index contributed by atoms with van der Waals surface area (Å²) in [7, 11) is 0. The smallest absolute Gasteiger partial charge is 0.333 e. The number of anilines is 8. The van der Waals surface area contributed by atoms with Gasteiger partial charge in [0.25, 0.3) is 0 Å². The van der Waals surface area contributed by atoms with Crippen LogP contribution in [0.2, 0.25) is 0 Å². The lowest BCUT2D eigenvalue weighted by Crippen LogP contribution is -2.61. The molecular weight excluding hydrogens is 878 g/mol. The van der Waals surface area contributed by atoms with Crippen LogP contribution < -0.4 is 25.5 Å². The molecule has 12 aromatic rings. The van der Waals surface area contributed by atoms with E-state index in [2.05, 4.69) is 282 Å². The average Bonchev–Trinajstić information content (AvgIpc) is 3.83. The second-order valence-electron chi connectivity index (χ2n) is 18.4. The van der Waals surface area contributed by atoms with E-state index in [9.17, 15) is 0 Å². The molecule has 5 heteroatoms. The molecule has 0 fully saturated rings. The first-order valence-corrected chi connectivity index (χ1v) is 25.2. The van der Waals surface area contributed by atoms with Gasteiger partial charge in [-0.15, -0.1) is 11.3 Å². The number of nitrogens with zero attached hydrogens (tertiary/aromatic N) is 3. The summed E-state index contributed by atoms with van der Waals surface area (Å²) < 4.78 is 2.57. The molecule has 3 heterocycles. The van der Waals surface area contributed by atoms with Crippen LogP contribution >= 0.6 is 11.3 Å². The molecular formula is C66H44BN3S. The number of fused-ring (bicyclic) bond motifs is 8. The van der Waals surface area contributed by atoms with E-state index >= 15 is 0 Å². The first-order chi connectivity index (χ1) is 35.2. The third-order valence-corrected chi connectivity index (χ3v) is 15.6. The van der Waals surface area contributed by atoms with Crippen molar-refractivity contribution in [3.8, 4) is 44.5 Å². The van der Waals surface area contributed by atoms with Crippen molar-refractivity contribution in [1.29, 1.82) is 0 Å². The van der Waals surface area contributed by atoms with Crippen LogP contribution in [0.25, 0.3) is 64.7 Å². The zero-order valence-corrected chi connectivity index (χ0v) is 39.5. The summed E-state index contributed by atoms with van der Waals surface area (Å²) in [6.45, 7) is -0.173. The number of thiophene rings is 1. The largest absolute Gasteiger partial charge is 0.376 e. The lowest BCUT2D eigenvalue weighted by Gasteiger charge is -2.46. The first-order valence-electron chi connectivity index (χ1n) is 24.4. The molecule has 11 aromatic carbocycles. The summed E-state index contributed by atoms with van der Waals surface area (Å²) in [6, 6.07) is 98.0. The van der Waals surface area contributed by atoms with Crippen molar-refractivity contribution in [1.82, 2.24) is 0 Å². The Morgan fingerprint density at radius 1 is 0.352 bits per heavy atom. The highest BCUT2D eigenvalue weighted by molar-refractivity contribution is 7.26. The molecule has 0 atom stereocenters. The van der Waals surface area contributed by atoms with Gasteiger partial charge in [0, 0.05) is 60.8 Å². The SMILES string of the molecule is c1ccc(-c2ccc(N3B4c5cc(-c6ccccc6)ccc5N(c5ccc(-c6ccccc6)cc5)c5c4c(cc4c5sc5ccccc54)-c4cc(N(c5ccccc5)c5ccccc5)ccc43)cc2)cc1. The Bertz CT molecular complexity index is 3880. The second-order valence-corrected chi connectivity index (χ2v) is 19.5. The van der Waals surface area contributed by atoms with Gasteiger partial charge in [0.15, 0.2) is 0 Å². The van der Waals surface area contributed by atoms with Crippen LogP contribution in [0.1, 0.15) is 0 Å². The molecule has 0 unspecified atom stereocenters. The van der Waals surface area contributed by atoms with Crippen molar-refractivity contribution in [2.75, 3.05) is 14.6 Å². The van der Waals surface area contributed by atoms with Crippen LogP contribution in [0.4, 0.5) is 45.5 Å². The number of hydrogen-bond acceptors (Lipinski definition) is 4. The summed E-state index contributed by atoms with van der Waals surface area (Å²) >= 11 is 1.91. The Labute approximate surface area is 418 Å². The van der Waals surface area contributed by atoms with Crippen LogP contribution in [-0.2, 0) is 0 Å². The van der Waals surface area contributed by atoms with E-state index < -0.39 is 0 Å². The predicted molar refractivity (Wildman–Crippen MR) is 304 cm³/mol. The fourth-order valence-corrected chi connectivity index (χ4v) is 12.4. The van der Waals surface area contributed by atoms with Gasteiger partial charge in [0.05, 0.1) is 10.4 Å². The Kier molecular flexibility index (Phi) is 9.82. The molecule has 332 valence electrons. The highest BCUT2D eigenvalue weighted by atomic mass is 32.1. The van der Waals surface area contributed by atoms with Gasteiger partial charge in [0.2, 0.25) is 0 Å². The number of rotatable bonds is 8. The molecule has 2 aliphatic heterocycles. The monoisotopic (exact) mass is 921 g/mol. The fraction of sp³-hybridized carbons (Fsp3) is 0. The van der Waals surface area contributed by atoms with Crippen molar-refractivity contribution in [2.45, 2.75) is 0 Å². The summed E-state index contributed by atoms with van der Waals surface area (Å²) in [5, 5.41) is 2.55. The normalized spacial score (nSPS) is 12.4. The van der Waals surface area contributed by atoms with Crippen LogP contribution in [0, 0.1) is 0 Å². The molecule has 0 amide bonds. The maximum atomic E-state index is 2.64. The highest BCUT2D eigenvalue weighted by Gasteiger charge is 2.46. The quantitative estimate of drug-likeness (QED) is 0.141. The van der Waals surface area contributed by atoms with E-state index in [0.29, 0.717) is 0 Å². The van der Waals surface area contributed by atoms with Gasteiger partial charge in [-0.25, -0.2) is 0 Å². The Morgan fingerprint density at radius 2 is 0.845 bits per heavy atom. The van der Waals surface area contributed by atoms with E-state index in [1.54, 1.807) is 0 Å². The molecule has 14 rings (SSSR count). The van der Waals surface area contributed by atoms with E-state index in [0.717, 1.165) is 28.4 Å². The van der Waals surface area contributed by atoms with Gasteiger partial charge < -0.3 is 14.6 Å². The standard InChI is InChI=1S/C66H44BN3S/c1-6-18-45(19-7-1)48-30-35-53(36-31-48)69-62-40-34-50(47-22-10-3-11-23-47)42-60(62)67-64-58(44-59-56-28-16-17-29-63(56)71-66(59)65(64)69)57-43-55(68(51-24-12-4-13-25-51)52-26-14-5-15-27-52)39-41-61(57)70(67)54-37-32-49(33-38-54)46-20-8-2-9-21-46/h1-44H. The van der Waals surface area contributed by atoms with E-state index in [-0.39, 0.29) is 6.85 Å². The third-order valence-electron chi connectivity index (χ3n) is 14.4. The third kappa shape index (κ3) is 6.88. The maximum Gasteiger partial charge on any atom is 0.333 e. The summed E-state index contributed by atoms with van der Waals surface area (Å²) in [6.07, 6.45) is 0. The molecule has 0 aliphatic carbocycles. The molecule has 71 heavy (non-hydrogen) atoms. The number of para-hydroxylation sites is 2. The molecule has 0 bridgehead atoms. The molecule has 0 saturated heterocycles. The maximum absolute atomic E-state index is 2.64. The number of benzene rings is 11. The minimum Gasteiger partial charge on any atom is -0.376 e. The van der Waals surface area contributed by atoms with Gasteiger partial charge in [-0.2, -0.15) is 0 Å². The van der Waals surface area contributed by atoms with Crippen LogP contribution in [-0.4, -0.2) is 6.85 Å². The Morgan fingerprint density at radius 3 is 1.45 bits per heavy atom. The molecule has 1 aromatic heterocycles. The van der Waals surface area contributed by atoms with Crippen molar-refractivity contribution in [3.05, 3.63) is 267 Å². The van der Waals surface area contributed by atoms with E-state index in [1.165, 1.54) is 92.7 Å². The second kappa shape index (κ2) is 17.0. The summed E-state index contributed by atoms with van der Waals surface area (Å²) in [4.78, 5) is 7.60. The fourth-order valence-electron chi connectivity index (χ4n) is 11.2. The van der Waals surface area contributed by atoms with Gasteiger partial charge in [-0.1, -0.05) is 182 Å². The molecule has 0 N–H and O–H groups in total. The van der Waals surface area contributed by atoms with E-state index in [4.69, 9.17) is 0 Å². The van der Waals surface area contributed by atoms with Crippen molar-refractivity contribution < 1.29 is 0 Å². The highest BCUT2D eigenvalue weighted by Crippen LogP contribution is 2.53. The Hall–Kier alpha value is -8.90. The zero-order chi connectivity index (χ0) is 46.8. The van der Waals surface area contributed by atoms with Gasteiger partial charge in [0.1, 0.15) is 0 Å². The van der Waals surface area contributed by atoms with Crippen molar-refractivity contribution in [3.63, 3.8) is 0 Å². The lowest BCUT2D eigenvalue weighted by atomic mass is 9.43. The molecule has 3 nitrogen and oxygen atoms in total. The van der Waals surface area contributed by atoms with Gasteiger partial charge >= 0.3 is 6.85 Å². The predicted octanol–water partition coefficient (Wildman–Crippen LogP) is 17.2. The number of hydrogen-bond donors (Lipinski definition) is 0. The van der Waals surface area contributed by atoms with E-state index in [1.807, 2.05) is 11.3 Å². The zero-order valence-electron chi connectivity index (χ0n) is 38.7. The lowest BCUT2D eigenvalue weighted by molar-refractivity contribution is 1.26. The van der Waals surface area contributed by atoms with Crippen LogP contribution in [0.5, 0.6) is 0 Å². The van der Waals surface area contributed by atoms with Crippen molar-refractivity contribution >= 4 is 94.8 Å². The van der Waals surface area contributed by atoms with Gasteiger partial charge in [-0.05, 0) is 135 Å². The minimum atomic E-state index is -0.173. The topological polar surface area (TPSA) is 9.72 Å². The molecule has 0 saturated carbocycles. The summed E-state index contributed by atoms with van der Waals surface area (Å²) in [5.41, 5.74) is 21.3. The van der Waals surface area contributed by atoms with Crippen LogP contribution in [0.15, 0.2) is 267 Å².